The Morgan fingerprint density at radius 2 is 2.00 bits per heavy atom. The fourth-order valence-electron chi connectivity index (χ4n) is 0.261. The Labute approximate surface area is 57.4 Å². The molecule has 54 valence electrons. The summed E-state index contributed by atoms with van der Waals surface area (Å²) in [7, 11) is 0. The van der Waals surface area contributed by atoms with Crippen LogP contribution in [0.5, 0.6) is 0 Å². The minimum atomic E-state index is -1.19. The van der Waals surface area contributed by atoms with Crippen molar-refractivity contribution in [2.24, 2.45) is 0 Å². The first-order chi connectivity index (χ1) is 4.66. The Bertz CT molecular complexity index is 180. The first kappa shape index (κ1) is 8.42. The highest BCUT2D eigenvalue weighted by Gasteiger charge is 1.93. The van der Waals surface area contributed by atoms with E-state index in [1.54, 1.807) is 0 Å². The molecule has 0 spiro atoms. The third kappa shape index (κ3) is 4.58. The summed E-state index contributed by atoms with van der Waals surface area (Å²) < 4.78 is 4.17. The topological polar surface area (TPSA) is 63.6 Å². The summed E-state index contributed by atoms with van der Waals surface area (Å²) in [6.07, 6.45) is 2.41. The Kier molecular flexibility index (Phi) is 3.63. The Morgan fingerprint density at radius 1 is 1.40 bits per heavy atom. The highest BCUT2D eigenvalue weighted by molar-refractivity contribution is 5.90. The molecule has 0 saturated carbocycles. The second-order valence-corrected chi connectivity index (χ2v) is 1.28. The number of carboxylic acids is 1. The monoisotopic (exact) mass is 142 g/mol. The molecule has 0 amide bonds. The van der Waals surface area contributed by atoms with Crippen LogP contribution in [-0.4, -0.2) is 17.0 Å². The molecule has 10 heavy (non-hydrogen) atoms. The van der Waals surface area contributed by atoms with E-state index >= 15 is 0 Å². The fraction of sp³-hybridized carbons (Fsp3) is 0. The summed E-state index contributed by atoms with van der Waals surface area (Å²) in [6.45, 7) is 3.10. The predicted octanol–water partition coefficient (Wildman–Crippen LogP) is 0.314. The van der Waals surface area contributed by atoms with E-state index in [9.17, 15) is 9.59 Å². The molecule has 0 aromatic carbocycles. The molecule has 0 aliphatic rings. The van der Waals surface area contributed by atoms with Crippen molar-refractivity contribution >= 4 is 11.9 Å². The van der Waals surface area contributed by atoms with E-state index in [-0.39, 0.29) is 0 Å². The summed E-state index contributed by atoms with van der Waals surface area (Å²) in [6, 6.07) is 0. The average molecular weight is 142 g/mol. The van der Waals surface area contributed by atoms with Gasteiger partial charge in [0.25, 0.3) is 0 Å². The van der Waals surface area contributed by atoms with Crippen molar-refractivity contribution in [2.75, 3.05) is 0 Å². The van der Waals surface area contributed by atoms with Crippen molar-refractivity contribution in [3.63, 3.8) is 0 Å². The molecule has 0 aromatic heterocycles. The first-order valence-electron chi connectivity index (χ1n) is 2.39. The van der Waals surface area contributed by atoms with Crippen molar-refractivity contribution in [2.45, 2.75) is 0 Å². The Morgan fingerprint density at radius 3 is 2.40 bits per heavy atom. The molecule has 0 heterocycles. The van der Waals surface area contributed by atoms with Gasteiger partial charge in [-0.05, 0) is 0 Å². The van der Waals surface area contributed by atoms with Gasteiger partial charge in [0.05, 0.1) is 6.26 Å². The van der Waals surface area contributed by atoms with Gasteiger partial charge in [0.1, 0.15) is 0 Å². The van der Waals surface area contributed by atoms with Crippen LogP contribution in [0.1, 0.15) is 0 Å². The molecular formula is C6H6O4. The number of hydrogen-bond acceptors (Lipinski definition) is 3. The zero-order valence-electron chi connectivity index (χ0n) is 5.11. The van der Waals surface area contributed by atoms with E-state index in [0.29, 0.717) is 6.08 Å². The van der Waals surface area contributed by atoms with Gasteiger partial charge in [-0.15, -0.1) is 0 Å². The lowest BCUT2D eigenvalue weighted by atomic mass is 10.5. The number of carbonyl (C=O) groups is 2. The number of carbonyl (C=O) groups excluding carboxylic acids is 1. The van der Waals surface area contributed by atoms with Gasteiger partial charge in [-0.1, -0.05) is 6.58 Å². The van der Waals surface area contributed by atoms with Crippen LogP contribution in [0.3, 0.4) is 0 Å². The van der Waals surface area contributed by atoms with Crippen LogP contribution < -0.4 is 0 Å². The SMILES string of the molecule is C=COC(=O)/C=C/C(=O)O. The summed E-state index contributed by atoms with van der Waals surface area (Å²) in [4.78, 5) is 20.1. The van der Waals surface area contributed by atoms with Crippen LogP contribution >= 0.6 is 0 Å². The number of aliphatic carboxylic acids is 1. The van der Waals surface area contributed by atoms with E-state index in [0.717, 1.165) is 12.3 Å². The first-order valence-corrected chi connectivity index (χ1v) is 2.39. The van der Waals surface area contributed by atoms with Crippen LogP contribution in [0.2, 0.25) is 0 Å². The number of ether oxygens (including phenoxy) is 1. The highest BCUT2D eigenvalue weighted by Crippen LogP contribution is 1.80. The summed E-state index contributed by atoms with van der Waals surface area (Å²) in [5.41, 5.74) is 0. The lowest BCUT2D eigenvalue weighted by Crippen LogP contribution is -1.95. The summed E-state index contributed by atoms with van der Waals surface area (Å²) in [5.74, 6) is -1.95. The molecule has 0 aliphatic carbocycles. The molecule has 0 atom stereocenters. The van der Waals surface area contributed by atoms with E-state index in [1.165, 1.54) is 0 Å². The molecule has 0 rings (SSSR count). The fourth-order valence-corrected chi connectivity index (χ4v) is 0.261. The zero-order valence-corrected chi connectivity index (χ0v) is 5.11. The van der Waals surface area contributed by atoms with Gasteiger partial charge in [0, 0.05) is 12.2 Å². The van der Waals surface area contributed by atoms with Crippen molar-refractivity contribution < 1.29 is 19.4 Å². The van der Waals surface area contributed by atoms with Crippen molar-refractivity contribution in [1.82, 2.24) is 0 Å². The van der Waals surface area contributed by atoms with Gasteiger partial charge in [-0.3, -0.25) is 0 Å². The van der Waals surface area contributed by atoms with Crippen LogP contribution in [-0.2, 0) is 14.3 Å². The maximum Gasteiger partial charge on any atom is 0.335 e. The molecule has 0 bridgehead atoms. The quantitative estimate of drug-likeness (QED) is 0.350. The van der Waals surface area contributed by atoms with Gasteiger partial charge < -0.3 is 9.84 Å². The minimum absolute atomic E-state index is 0.686. The minimum Gasteiger partial charge on any atom is -0.478 e. The van der Waals surface area contributed by atoms with Crippen LogP contribution in [0.4, 0.5) is 0 Å². The van der Waals surface area contributed by atoms with Crippen LogP contribution in [0.15, 0.2) is 25.0 Å². The van der Waals surface area contributed by atoms with Crippen molar-refractivity contribution in [1.29, 1.82) is 0 Å². The van der Waals surface area contributed by atoms with E-state index in [1.807, 2.05) is 0 Å². The van der Waals surface area contributed by atoms with E-state index < -0.39 is 11.9 Å². The normalized spacial score (nSPS) is 9.20. The second kappa shape index (κ2) is 4.31. The van der Waals surface area contributed by atoms with Gasteiger partial charge in [-0.2, -0.15) is 0 Å². The number of hydrogen-bond donors (Lipinski definition) is 1. The molecule has 4 heteroatoms. The third-order valence-corrected chi connectivity index (χ3v) is 0.561. The second-order valence-electron chi connectivity index (χ2n) is 1.28. The maximum atomic E-state index is 10.3. The Balaban J connectivity index is 3.77. The van der Waals surface area contributed by atoms with Gasteiger partial charge in [-0.25, -0.2) is 9.59 Å². The smallest absolute Gasteiger partial charge is 0.335 e. The maximum absolute atomic E-state index is 10.3. The van der Waals surface area contributed by atoms with Crippen molar-refractivity contribution in [3.8, 4) is 0 Å². The predicted molar refractivity (Wildman–Crippen MR) is 33.1 cm³/mol. The van der Waals surface area contributed by atoms with E-state index in [2.05, 4.69) is 11.3 Å². The molecule has 0 fully saturated rings. The molecule has 4 nitrogen and oxygen atoms in total. The standard InChI is InChI=1S/C6H6O4/c1-2-10-6(9)4-3-5(7)8/h2-4H,1H2,(H,7,8)/b4-3+. The lowest BCUT2D eigenvalue weighted by molar-refractivity contribution is -0.134. The third-order valence-electron chi connectivity index (χ3n) is 0.561. The number of carboxylic acid groups (broad SMARTS) is 1. The molecule has 0 aromatic rings. The van der Waals surface area contributed by atoms with Crippen LogP contribution in [0.25, 0.3) is 0 Å². The zero-order chi connectivity index (χ0) is 7.98. The van der Waals surface area contributed by atoms with Crippen molar-refractivity contribution in [3.05, 3.63) is 25.0 Å². The molecule has 0 unspecified atom stereocenters. The summed E-state index contributed by atoms with van der Waals surface area (Å²) in [5, 5.41) is 8.01. The van der Waals surface area contributed by atoms with E-state index in [4.69, 9.17) is 5.11 Å². The number of esters is 1. The molecule has 0 aliphatic heterocycles. The van der Waals surface area contributed by atoms with Gasteiger partial charge in [0.15, 0.2) is 0 Å². The molecule has 0 saturated heterocycles. The highest BCUT2D eigenvalue weighted by atomic mass is 16.5. The average Bonchev–Trinajstić information content (AvgIpc) is 1.85. The molecular weight excluding hydrogens is 136 g/mol. The lowest BCUT2D eigenvalue weighted by Gasteiger charge is -1.87. The summed E-state index contributed by atoms with van der Waals surface area (Å²) >= 11 is 0. The molecule has 1 N–H and O–H groups in total. The van der Waals surface area contributed by atoms with Gasteiger partial charge in [0.2, 0.25) is 0 Å². The Hall–Kier alpha value is -1.58. The number of rotatable bonds is 3. The van der Waals surface area contributed by atoms with Gasteiger partial charge >= 0.3 is 11.9 Å². The largest absolute Gasteiger partial charge is 0.478 e. The molecule has 0 radical (unpaired) electrons. The van der Waals surface area contributed by atoms with Crippen LogP contribution in [0, 0.1) is 0 Å².